The van der Waals surface area contributed by atoms with Gasteiger partial charge in [-0.25, -0.2) is 0 Å². The first-order chi connectivity index (χ1) is 3.29. The van der Waals surface area contributed by atoms with E-state index >= 15 is 0 Å². The zero-order valence-corrected chi connectivity index (χ0v) is 4.87. The zero-order chi connectivity index (χ0) is 5.28. The molecule has 1 N–H and O–H groups in total. The van der Waals surface area contributed by atoms with Crippen molar-refractivity contribution in [1.82, 2.24) is 5.32 Å². The van der Waals surface area contributed by atoms with Crippen LogP contribution in [0.3, 0.4) is 0 Å². The van der Waals surface area contributed by atoms with Gasteiger partial charge in [0.25, 0.3) is 0 Å². The lowest BCUT2D eigenvalue weighted by molar-refractivity contribution is 0.728. The van der Waals surface area contributed by atoms with Crippen LogP contribution in [0.5, 0.6) is 0 Å². The van der Waals surface area contributed by atoms with Gasteiger partial charge in [-0.3, -0.25) is 4.99 Å². The Bertz CT molecular complexity index is 99.9. The summed E-state index contributed by atoms with van der Waals surface area (Å²) in [7, 11) is 0. The highest BCUT2D eigenvalue weighted by atomic mass is 35.5. The van der Waals surface area contributed by atoms with Crippen molar-refractivity contribution in [3.63, 3.8) is 0 Å². The van der Waals surface area contributed by atoms with Crippen LogP contribution in [0.25, 0.3) is 0 Å². The van der Waals surface area contributed by atoms with Gasteiger partial charge in [-0.1, -0.05) is 0 Å². The Hall–Kier alpha value is -0.240. The Balaban J connectivity index is 2.42. The van der Waals surface area contributed by atoms with Gasteiger partial charge < -0.3 is 5.32 Å². The number of hydrogen-bond donors (Lipinski definition) is 1. The maximum atomic E-state index is 5.45. The molecule has 0 aromatic carbocycles. The van der Waals surface area contributed by atoms with Gasteiger partial charge in [0.1, 0.15) is 0 Å². The molecule has 1 heterocycles. The summed E-state index contributed by atoms with van der Waals surface area (Å²) in [4.78, 5) is 3.89. The number of hydrogen-bond acceptors (Lipinski definition) is 2. The van der Waals surface area contributed by atoms with Crippen molar-refractivity contribution in [2.24, 2.45) is 4.99 Å². The summed E-state index contributed by atoms with van der Waals surface area (Å²) in [5.74, 6) is 0. The molecule has 0 aromatic rings. The van der Waals surface area contributed by atoms with Crippen molar-refractivity contribution in [2.75, 3.05) is 6.54 Å². The Morgan fingerprint density at radius 2 is 2.71 bits per heavy atom. The van der Waals surface area contributed by atoms with Gasteiger partial charge >= 0.3 is 0 Å². The van der Waals surface area contributed by atoms with Crippen LogP contribution in [0.4, 0.5) is 0 Å². The predicted molar refractivity (Wildman–Crippen MR) is 30.8 cm³/mol. The number of halogens is 1. The maximum absolute atomic E-state index is 5.45. The summed E-state index contributed by atoms with van der Waals surface area (Å²) in [6, 6.07) is 0.437. The summed E-state index contributed by atoms with van der Waals surface area (Å²) in [5.41, 5.74) is 0. The van der Waals surface area contributed by atoms with E-state index in [0.717, 1.165) is 6.54 Å². The minimum atomic E-state index is 0.437. The van der Waals surface area contributed by atoms with Crippen molar-refractivity contribution in [3.8, 4) is 0 Å². The standard InChI is InChI=1S/C4H7ClN2/c1-3-2-6-4(5)7-3/h3H,2H2,1H3,(H,6,7). The SMILES string of the molecule is CC1CN=C(Cl)N1. The molecule has 0 saturated carbocycles. The van der Waals surface area contributed by atoms with Gasteiger partial charge in [-0.05, 0) is 18.5 Å². The van der Waals surface area contributed by atoms with E-state index in [-0.39, 0.29) is 0 Å². The molecule has 0 fully saturated rings. The Labute approximate surface area is 47.6 Å². The molecule has 1 aliphatic rings. The lowest BCUT2D eigenvalue weighted by atomic mass is 10.4. The van der Waals surface area contributed by atoms with Crippen LogP contribution in [0, 0.1) is 0 Å². The number of amidine groups is 1. The third-order valence-corrected chi connectivity index (χ3v) is 1.10. The number of nitrogens with zero attached hydrogens (tertiary/aromatic N) is 1. The monoisotopic (exact) mass is 118 g/mol. The number of aliphatic imine (C=N–C) groups is 1. The summed E-state index contributed by atoms with van der Waals surface area (Å²) in [6.07, 6.45) is 0. The molecule has 0 saturated heterocycles. The highest BCUT2D eigenvalue weighted by molar-refractivity contribution is 6.64. The average Bonchev–Trinajstić information content (AvgIpc) is 1.87. The van der Waals surface area contributed by atoms with E-state index in [0.29, 0.717) is 11.3 Å². The van der Waals surface area contributed by atoms with E-state index in [9.17, 15) is 0 Å². The molecule has 0 aliphatic carbocycles. The van der Waals surface area contributed by atoms with Gasteiger partial charge in [-0.2, -0.15) is 0 Å². The van der Waals surface area contributed by atoms with Crippen LogP contribution in [0.15, 0.2) is 4.99 Å². The molecule has 3 heteroatoms. The minimum absolute atomic E-state index is 0.437. The van der Waals surface area contributed by atoms with Crippen LogP contribution in [0.2, 0.25) is 0 Å². The zero-order valence-electron chi connectivity index (χ0n) is 4.11. The van der Waals surface area contributed by atoms with E-state index in [2.05, 4.69) is 10.3 Å². The van der Waals surface area contributed by atoms with Gasteiger partial charge in [0.05, 0.1) is 6.54 Å². The van der Waals surface area contributed by atoms with Crippen LogP contribution >= 0.6 is 11.6 Å². The molecule has 1 atom stereocenters. The number of nitrogens with one attached hydrogen (secondary N) is 1. The van der Waals surface area contributed by atoms with E-state index in [1.54, 1.807) is 0 Å². The Kier molecular flexibility index (Phi) is 1.19. The molecule has 1 aliphatic heterocycles. The highest BCUT2D eigenvalue weighted by Gasteiger charge is 2.07. The molecule has 1 unspecified atom stereocenters. The molecule has 2 nitrogen and oxygen atoms in total. The Morgan fingerprint density at radius 3 is 2.86 bits per heavy atom. The second kappa shape index (κ2) is 1.70. The average molecular weight is 119 g/mol. The summed E-state index contributed by atoms with van der Waals surface area (Å²) < 4.78 is 0. The van der Waals surface area contributed by atoms with Gasteiger partial charge in [0.2, 0.25) is 0 Å². The maximum Gasteiger partial charge on any atom is 0.191 e. The molecule has 1 rings (SSSR count). The summed E-state index contributed by atoms with van der Waals surface area (Å²) in [6.45, 7) is 2.86. The molecule has 0 aromatic heterocycles. The molecule has 7 heavy (non-hydrogen) atoms. The van der Waals surface area contributed by atoms with Crippen molar-refractivity contribution in [3.05, 3.63) is 0 Å². The topological polar surface area (TPSA) is 24.4 Å². The Morgan fingerprint density at radius 1 is 2.00 bits per heavy atom. The molecule has 40 valence electrons. The number of rotatable bonds is 0. The smallest absolute Gasteiger partial charge is 0.191 e. The molecule has 0 spiro atoms. The lowest BCUT2D eigenvalue weighted by Crippen LogP contribution is -2.23. The highest BCUT2D eigenvalue weighted by Crippen LogP contribution is 1.95. The molecule has 0 amide bonds. The first kappa shape index (κ1) is 4.91. The van der Waals surface area contributed by atoms with Crippen LogP contribution in [0.1, 0.15) is 6.92 Å². The van der Waals surface area contributed by atoms with E-state index in [1.807, 2.05) is 6.92 Å². The second-order valence-electron chi connectivity index (χ2n) is 1.68. The quantitative estimate of drug-likeness (QED) is 0.462. The fraction of sp³-hybridized carbons (Fsp3) is 0.750. The van der Waals surface area contributed by atoms with E-state index in [1.165, 1.54) is 0 Å². The van der Waals surface area contributed by atoms with E-state index < -0.39 is 0 Å². The largest absolute Gasteiger partial charge is 0.356 e. The molecular weight excluding hydrogens is 112 g/mol. The van der Waals surface area contributed by atoms with Crippen LogP contribution in [-0.2, 0) is 0 Å². The lowest BCUT2D eigenvalue weighted by Gasteiger charge is -1.97. The van der Waals surface area contributed by atoms with Crippen molar-refractivity contribution < 1.29 is 0 Å². The van der Waals surface area contributed by atoms with Gasteiger partial charge in [-0.15, -0.1) is 0 Å². The first-order valence-corrected chi connectivity index (χ1v) is 2.63. The third kappa shape index (κ3) is 1.06. The molecule has 0 radical (unpaired) electrons. The van der Waals surface area contributed by atoms with Crippen molar-refractivity contribution in [1.29, 1.82) is 0 Å². The molecule has 0 bridgehead atoms. The van der Waals surface area contributed by atoms with Crippen molar-refractivity contribution in [2.45, 2.75) is 13.0 Å². The van der Waals surface area contributed by atoms with Gasteiger partial charge in [0.15, 0.2) is 5.29 Å². The summed E-state index contributed by atoms with van der Waals surface area (Å²) in [5, 5.41) is 3.48. The third-order valence-electron chi connectivity index (χ3n) is 0.869. The second-order valence-corrected chi connectivity index (χ2v) is 2.03. The van der Waals surface area contributed by atoms with Crippen LogP contribution < -0.4 is 5.32 Å². The summed E-state index contributed by atoms with van der Waals surface area (Å²) >= 11 is 5.45. The normalized spacial score (nSPS) is 29.4. The predicted octanol–water partition coefficient (Wildman–Crippen LogP) is 0.573. The fourth-order valence-electron chi connectivity index (χ4n) is 0.512. The molecular formula is C4H7ClN2. The minimum Gasteiger partial charge on any atom is -0.356 e. The van der Waals surface area contributed by atoms with Gasteiger partial charge in [0, 0.05) is 6.04 Å². The van der Waals surface area contributed by atoms with Crippen molar-refractivity contribution >= 4 is 16.9 Å². The fourth-order valence-corrected chi connectivity index (χ4v) is 0.767. The van der Waals surface area contributed by atoms with E-state index in [4.69, 9.17) is 11.6 Å². The van der Waals surface area contributed by atoms with Crippen LogP contribution in [-0.4, -0.2) is 17.9 Å². The first-order valence-electron chi connectivity index (χ1n) is 2.25.